The molecule has 0 fully saturated rings. The summed E-state index contributed by atoms with van der Waals surface area (Å²) in [7, 11) is -4.34. The fraction of sp³-hybridized carbons (Fsp3) is 0.174. The number of hydrogen-bond donors (Lipinski definition) is 1. The fourth-order valence-electron chi connectivity index (χ4n) is 2.73. The van der Waals surface area contributed by atoms with E-state index in [9.17, 15) is 8.42 Å². The molecule has 3 rings (SSSR count). The third-order valence-corrected chi connectivity index (χ3v) is 7.07. The van der Waals surface area contributed by atoms with Gasteiger partial charge in [0.1, 0.15) is 11.5 Å². The fourth-order valence-corrected chi connectivity index (χ4v) is 4.74. The Labute approximate surface area is 218 Å². The van der Waals surface area contributed by atoms with Crippen LogP contribution < -0.4 is 14.9 Å². The zero-order valence-electron chi connectivity index (χ0n) is 18.7. The molecule has 35 heavy (non-hydrogen) atoms. The molecule has 0 aliphatic heterocycles. The van der Waals surface area contributed by atoms with Crippen LogP contribution in [0.3, 0.4) is 0 Å². The minimum Gasteiger partial charge on any atom is -0.494 e. The molecule has 0 amide bonds. The van der Waals surface area contributed by atoms with E-state index in [0.29, 0.717) is 36.1 Å². The number of sulfone groups is 1. The van der Waals surface area contributed by atoms with Crippen LogP contribution in [0.1, 0.15) is 13.8 Å². The predicted molar refractivity (Wildman–Crippen MR) is 139 cm³/mol. The van der Waals surface area contributed by atoms with E-state index >= 15 is 0 Å². The van der Waals surface area contributed by atoms with Crippen molar-refractivity contribution < 1.29 is 17.9 Å². The van der Waals surface area contributed by atoms with Crippen molar-refractivity contribution in [3.63, 3.8) is 0 Å². The van der Waals surface area contributed by atoms with Crippen LogP contribution in [0.2, 0.25) is 15.1 Å². The van der Waals surface area contributed by atoms with Crippen molar-refractivity contribution in [1.29, 1.82) is 0 Å². The number of azo groups is 1. The van der Waals surface area contributed by atoms with Crippen LogP contribution in [-0.2, 0) is 9.84 Å². The van der Waals surface area contributed by atoms with Crippen molar-refractivity contribution in [1.82, 2.24) is 0 Å². The Kier molecular flexibility index (Phi) is 9.33. The van der Waals surface area contributed by atoms with E-state index in [0.717, 1.165) is 6.07 Å². The number of ether oxygens (including phenoxy) is 2. The highest BCUT2D eigenvalue weighted by Crippen LogP contribution is 2.33. The SMILES string of the molecule is CCOc1ccc(N=N/C(=N\Nc2ccc(OCC)cc2)S(=O)(=O)c2cc(Cl)c(Cl)cc2Cl)cc1. The quantitative estimate of drug-likeness (QED) is 0.103. The van der Waals surface area contributed by atoms with E-state index in [2.05, 4.69) is 20.8 Å². The number of hydrogen-bond acceptors (Lipinski definition) is 7. The van der Waals surface area contributed by atoms with Crippen molar-refractivity contribution in [3.05, 3.63) is 75.7 Å². The van der Waals surface area contributed by atoms with E-state index in [1.54, 1.807) is 48.5 Å². The van der Waals surface area contributed by atoms with Crippen molar-refractivity contribution in [2.45, 2.75) is 18.7 Å². The standard InChI is InChI=1S/C23H21Cl3N4O4S/c1-3-33-17-9-5-15(6-10-17)27-29-23(30-28-16-7-11-18(12-8-16)34-4-2)35(31,32)22-14-20(25)19(24)13-21(22)26/h5-14,27H,3-4H2,1-2H3/b29-23+,30-28?. The van der Waals surface area contributed by atoms with E-state index in [1.165, 1.54) is 6.07 Å². The van der Waals surface area contributed by atoms with Gasteiger partial charge < -0.3 is 9.47 Å². The summed E-state index contributed by atoms with van der Waals surface area (Å²) in [6, 6.07) is 15.8. The molecule has 0 heterocycles. The van der Waals surface area contributed by atoms with Crippen LogP contribution in [0, 0.1) is 0 Å². The van der Waals surface area contributed by atoms with Crippen LogP contribution in [0.25, 0.3) is 0 Å². The monoisotopic (exact) mass is 554 g/mol. The lowest BCUT2D eigenvalue weighted by Crippen LogP contribution is -2.15. The minimum absolute atomic E-state index is 0.0110. The van der Waals surface area contributed by atoms with Gasteiger partial charge in [0.15, 0.2) is 0 Å². The number of anilines is 1. The minimum atomic E-state index is -4.34. The first-order chi connectivity index (χ1) is 16.7. The lowest BCUT2D eigenvalue weighted by molar-refractivity contribution is 0.340. The smallest absolute Gasteiger partial charge is 0.289 e. The van der Waals surface area contributed by atoms with Crippen LogP contribution >= 0.6 is 34.8 Å². The first kappa shape index (κ1) is 26.7. The molecule has 0 aliphatic carbocycles. The van der Waals surface area contributed by atoms with Gasteiger partial charge in [-0.15, -0.1) is 15.3 Å². The zero-order chi connectivity index (χ0) is 25.4. The number of benzene rings is 3. The summed E-state index contributed by atoms with van der Waals surface area (Å²) in [5.41, 5.74) is 3.56. The van der Waals surface area contributed by atoms with Crippen LogP contribution in [-0.4, -0.2) is 26.8 Å². The summed E-state index contributed by atoms with van der Waals surface area (Å²) in [4.78, 5) is -0.313. The second-order valence-corrected chi connectivity index (χ2v) is 9.82. The second kappa shape index (κ2) is 12.2. The predicted octanol–water partition coefficient (Wildman–Crippen LogP) is 7.38. The number of nitrogens with one attached hydrogen (secondary N) is 1. The van der Waals surface area contributed by atoms with Gasteiger partial charge in [-0.25, -0.2) is 8.42 Å². The van der Waals surface area contributed by atoms with Crippen molar-refractivity contribution >= 4 is 61.2 Å². The van der Waals surface area contributed by atoms with Crippen molar-refractivity contribution in [2.24, 2.45) is 15.3 Å². The molecule has 0 saturated heterocycles. The molecule has 8 nitrogen and oxygen atoms in total. The molecule has 184 valence electrons. The summed E-state index contributed by atoms with van der Waals surface area (Å²) < 4.78 is 37.6. The summed E-state index contributed by atoms with van der Waals surface area (Å²) in [5.74, 6) is 1.31. The second-order valence-electron chi connectivity index (χ2n) is 6.79. The van der Waals surface area contributed by atoms with Crippen LogP contribution in [0.5, 0.6) is 11.5 Å². The average molecular weight is 556 g/mol. The number of rotatable bonds is 8. The average Bonchev–Trinajstić information content (AvgIpc) is 2.83. The summed E-state index contributed by atoms with van der Waals surface area (Å²) >= 11 is 18.1. The number of nitrogens with zero attached hydrogens (tertiary/aromatic N) is 3. The highest BCUT2D eigenvalue weighted by atomic mass is 35.5. The van der Waals surface area contributed by atoms with Crippen LogP contribution in [0.4, 0.5) is 11.4 Å². The Hall–Kier alpha value is -2.85. The summed E-state index contributed by atoms with van der Waals surface area (Å²) in [6.45, 7) is 4.77. The Morgan fingerprint density at radius 1 is 0.829 bits per heavy atom. The van der Waals surface area contributed by atoms with Gasteiger partial charge in [0.2, 0.25) is 9.84 Å². The Balaban J connectivity index is 1.98. The first-order valence-electron chi connectivity index (χ1n) is 10.4. The van der Waals surface area contributed by atoms with Gasteiger partial charge in [-0.05, 0) is 74.5 Å². The maximum absolute atomic E-state index is 13.4. The largest absolute Gasteiger partial charge is 0.494 e. The zero-order valence-corrected chi connectivity index (χ0v) is 21.8. The van der Waals surface area contributed by atoms with Gasteiger partial charge in [-0.1, -0.05) is 34.8 Å². The third kappa shape index (κ3) is 7.08. The van der Waals surface area contributed by atoms with Crippen molar-refractivity contribution in [2.75, 3.05) is 18.6 Å². The Morgan fingerprint density at radius 2 is 1.37 bits per heavy atom. The summed E-state index contributed by atoms with van der Waals surface area (Å²) in [5, 5.41) is 11.3. The normalized spacial score (nSPS) is 12.1. The molecule has 0 aliphatic rings. The third-order valence-electron chi connectivity index (χ3n) is 4.35. The van der Waals surface area contributed by atoms with Crippen molar-refractivity contribution in [3.8, 4) is 11.5 Å². The molecular weight excluding hydrogens is 535 g/mol. The van der Waals surface area contributed by atoms with Gasteiger partial charge in [0.25, 0.3) is 5.17 Å². The lowest BCUT2D eigenvalue weighted by atomic mass is 10.3. The van der Waals surface area contributed by atoms with Gasteiger partial charge >= 0.3 is 0 Å². The van der Waals surface area contributed by atoms with Gasteiger partial charge in [0.05, 0.1) is 44.6 Å². The van der Waals surface area contributed by atoms with E-state index in [4.69, 9.17) is 44.3 Å². The van der Waals surface area contributed by atoms with E-state index < -0.39 is 15.0 Å². The van der Waals surface area contributed by atoms with Gasteiger partial charge in [-0.2, -0.15) is 0 Å². The molecule has 1 N–H and O–H groups in total. The first-order valence-corrected chi connectivity index (χ1v) is 13.0. The number of halogens is 3. The van der Waals surface area contributed by atoms with E-state index in [-0.39, 0.29) is 20.0 Å². The number of amidine groups is 1. The molecular formula is C23H21Cl3N4O4S. The maximum Gasteiger partial charge on any atom is 0.289 e. The molecule has 3 aromatic carbocycles. The topological polar surface area (TPSA) is 102 Å². The van der Waals surface area contributed by atoms with E-state index in [1.807, 2.05) is 13.8 Å². The molecule has 0 spiro atoms. The molecule has 0 radical (unpaired) electrons. The molecule has 3 aromatic rings. The molecule has 0 saturated carbocycles. The Bertz CT molecular complexity index is 1330. The molecule has 0 atom stereocenters. The summed E-state index contributed by atoms with van der Waals surface area (Å²) in [6.07, 6.45) is 0. The highest BCUT2D eigenvalue weighted by Gasteiger charge is 2.27. The Morgan fingerprint density at radius 3 is 1.94 bits per heavy atom. The molecule has 0 unspecified atom stereocenters. The molecule has 0 aromatic heterocycles. The van der Waals surface area contributed by atoms with Gasteiger partial charge in [0, 0.05) is 0 Å². The van der Waals surface area contributed by atoms with Crippen LogP contribution in [0.15, 0.2) is 80.9 Å². The molecule has 12 heteroatoms. The van der Waals surface area contributed by atoms with Gasteiger partial charge in [-0.3, -0.25) is 5.43 Å². The molecule has 0 bridgehead atoms. The highest BCUT2D eigenvalue weighted by molar-refractivity contribution is 8.06. The lowest BCUT2D eigenvalue weighted by Gasteiger charge is -2.09. The number of hydrazone groups is 1. The maximum atomic E-state index is 13.4.